The molecule has 0 aliphatic rings. The van der Waals surface area contributed by atoms with Crippen molar-refractivity contribution in [2.24, 2.45) is 0 Å². The SMILES string of the molecule is CCNc1nc(N)c(C(=O)NC(C)c2nccs2)s1. The van der Waals surface area contributed by atoms with Gasteiger partial charge in [-0.3, -0.25) is 4.79 Å². The number of carbonyl (C=O) groups excluding carboxylic acids is 1. The molecule has 0 fully saturated rings. The maximum atomic E-state index is 12.1. The predicted molar refractivity (Wildman–Crippen MR) is 78.7 cm³/mol. The van der Waals surface area contributed by atoms with Crippen molar-refractivity contribution in [3.05, 3.63) is 21.5 Å². The zero-order chi connectivity index (χ0) is 13.8. The zero-order valence-electron chi connectivity index (χ0n) is 10.6. The number of hydrogen-bond donors (Lipinski definition) is 3. The van der Waals surface area contributed by atoms with Crippen LogP contribution in [0.15, 0.2) is 11.6 Å². The normalized spacial score (nSPS) is 12.1. The minimum absolute atomic E-state index is 0.142. The Kier molecular flexibility index (Phi) is 4.33. The number of anilines is 2. The molecule has 0 spiro atoms. The van der Waals surface area contributed by atoms with Crippen LogP contribution in [-0.4, -0.2) is 22.4 Å². The third-order valence-electron chi connectivity index (χ3n) is 2.36. The summed E-state index contributed by atoms with van der Waals surface area (Å²) in [6.45, 7) is 4.59. The predicted octanol–water partition coefficient (Wildman–Crippen LogP) is 2.10. The molecular formula is C11H15N5OS2. The van der Waals surface area contributed by atoms with E-state index in [9.17, 15) is 4.79 Å². The topological polar surface area (TPSA) is 92.9 Å². The standard InChI is InChI=1S/C11H15N5OS2/c1-3-13-11-16-8(12)7(19-11)9(17)15-6(2)10-14-4-5-18-10/h4-6H,3,12H2,1-2H3,(H,13,16)(H,15,17). The number of aromatic nitrogens is 2. The monoisotopic (exact) mass is 297 g/mol. The number of nitrogen functional groups attached to an aromatic ring is 1. The molecule has 1 atom stereocenters. The number of carbonyl (C=O) groups is 1. The molecular weight excluding hydrogens is 282 g/mol. The summed E-state index contributed by atoms with van der Waals surface area (Å²) >= 11 is 2.76. The molecule has 0 saturated heterocycles. The van der Waals surface area contributed by atoms with Gasteiger partial charge in [-0.2, -0.15) is 0 Å². The Balaban J connectivity index is 2.07. The zero-order valence-corrected chi connectivity index (χ0v) is 12.3. The highest BCUT2D eigenvalue weighted by atomic mass is 32.1. The molecule has 2 aromatic heterocycles. The first-order valence-electron chi connectivity index (χ1n) is 5.82. The summed E-state index contributed by atoms with van der Waals surface area (Å²) in [6.07, 6.45) is 1.72. The Bertz CT molecular complexity index is 551. The van der Waals surface area contributed by atoms with Crippen molar-refractivity contribution in [3.63, 3.8) is 0 Å². The number of hydrogen-bond acceptors (Lipinski definition) is 7. The fourth-order valence-corrected chi connectivity index (χ4v) is 3.00. The Labute approximate surface area is 119 Å². The quantitative estimate of drug-likeness (QED) is 0.786. The minimum Gasteiger partial charge on any atom is -0.382 e. The Morgan fingerprint density at radius 3 is 3.00 bits per heavy atom. The molecule has 2 aromatic rings. The third-order valence-corrected chi connectivity index (χ3v) is 4.34. The molecule has 19 heavy (non-hydrogen) atoms. The van der Waals surface area contributed by atoms with Gasteiger partial charge >= 0.3 is 0 Å². The average molecular weight is 297 g/mol. The van der Waals surface area contributed by atoms with E-state index in [1.54, 1.807) is 6.20 Å². The first-order chi connectivity index (χ1) is 9.11. The van der Waals surface area contributed by atoms with Crippen molar-refractivity contribution < 1.29 is 4.79 Å². The maximum absolute atomic E-state index is 12.1. The molecule has 8 heteroatoms. The number of nitrogens with zero attached hydrogens (tertiary/aromatic N) is 2. The fraction of sp³-hybridized carbons (Fsp3) is 0.364. The van der Waals surface area contributed by atoms with Crippen LogP contribution >= 0.6 is 22.7 Å². The summed E-state index contributed by atoms with van der Waals surface area (Å²) in [5, 5.41) is 9.31. The molecule has 102 valence electrons. The smallest absolute Gasteiger partial charge is 0.265 e. The summed E-state index contributed by atoms with van der Waals surface area (Å²) in [4.78, 5) is 20.8. The van der Waals surface area contributed by atoms with Gasteiger partial charge in [0, 0.05) is 18.1 Å². The van der Waals surface area contributed by atoms with Crippen LogP contribution in [0.1, 0.15) is 34.6 Å². The summed E-state index contributed by atoms with van der Waals surface area (Å²) in [7, 11) is 0. The van der Waals surface area contributed by atoms with Crippen LogP contribution in [0.5, 0.6) is 0 Å². The first kappa shape index (κ1) is 13.8. The second-order valence-corrected chi connectivity index (χ2v) is 5.75. The molecule has 1 amide bonds. The molecule has 6 nitrogen and oxygen atoms in total. The summed E-state index contributed by atoms with van der Waals surface area (Å²) < 4.78 is 0. The molecule has 4 N–H and O–H groups in total. The van der Waals surface area contributed by atoms with Crippen molar-refractivity contribution in [3.8, 4) is 0 Å². The lowest BCUT2D eigenvalue weighted by atomic mass is 10.3. The summed E-state index contributed by atoms with van der Waals surface area (Å²) in [5.74, 6) is 0.0339. The lowest BCUT2D eigenvalue weighted by Crippen LogP contribution is -2.26. The lowest BCUT2D eigenvalue weighted by molar-refractivity contribution is 0.0944. The van der Waals surface area contributed by atoms with Crippen molar-refractivity contribution in [1.29, 1.82) is 0 Å². The van der Waals surface area contributed by atoms with Gasteiger partial charge in [-0.15, -0.1) is 11.3 Å². The molecule has 2 rings (SSSR count). The number of amides is 1. The van der Waals surface area contributed by atoms with E-state index in [-0.39, 0.29) is 17.8 Å². The van der Waals surface area contributed by atoms with E-state index in [0.717, 1.165) is 11.6 Å². The highest BCUT2D eigenvalue weighted by Gasteiger charge is 2.19. The van der Waals surface area contributed by atoms with Crippen LogP contribution in [0, 0.1) is 0 Å². The van der Waals surface area contributed by atoms with E-state index in [0.29, 0.717) is 10.0 Å². The van der Waals surface area contributed by atoms with E-state index < -0.39 is 0 Å². The summed E-state index contributed by atoms with van der Waals surface area (Å²) in [6, 6.07) is -0.142. The van der Waals surface area contributed by atoms with Gasteiger partial charge in [-0.05, 0) is 13.8 Å². The lowest BCUT2D eigenvalue weighted by Gasteiger charge is -2.09. The van der Waals surface area contributed by atoms with Crippen molar-refractivity contribution in [2.45, 2.75) is 19.9 Å². The van der Waals surface area contributed by atoms with Crippen molar-refractivity contribution in [2.75, 3.05) is 17.6 Å². The number of thiazole rings is 2. The second-order valence-electron chi connectivity index (χ2n) is 3.83. The van der Waals surface area contributed by atoms with E-state index in [1.807, 2.05) is 19.2 Å². The van der Waals surface area contributed by atoms with Gasteiger partial charge < -0.3 is 16.4 Å². The maximum Gasteiger partial charge on any atom is 0.265 e. The molecule has 0 radical (unpaired) electrons. The van der Waals surface area contributed by atoms with Crippen LogP contribution in [0.25, 0.3) is 0 Å². The highest BCUT2D eigenvalue weighted by Crippen LogP contribution is 2.25. The van der Waals surface area contributed by atoms with Gasteiger partial charge in [-0.25, -0.2) is 9.97 Å². The van der Waals surface area contributed by atoms with E-state index in [1.165, 1.54) is 22.7 Å². The van der Waals surface area contributed by atoms with Crippen molar-refractivity contribution >= 4 is 39.5 Å². The molecule has 0 aliphatic carbocycles. The Morgan fingerprint density at radius 1 is 1.58 bits per heavy atom. The second kappa shape index (κ2) is 5.98. The summed E-state index contributed by atoms with van der Waals surface area (Å²) in [5.41, 5.74) is 5.75. The molecule has 0 aromatic carbocycles. The highest BCUT2D eigenvalue weighted by molar-refractivity contribution is 7.18. The van der Waals surface area contributed by atoms with E-state index in [4.69, 9.17) is 5.73 Å². The van der Waals surface area contributed by atoms with Gasteiger partial charge in [0.1, 0.15) is 15.7 Å². The number of nitrogens with two attached hydrogens (primary N) is 1. The third kappa shape index (κ3) is 3.21. The van der Waals surface area contributed by atoms with Crippen LogP contribution in [0.3, 0.4) is 0 Å². The molecule has 0 saturated carbocycles. The van der Waals surface area contributed by atoms with Crippen LogP contribution in [0.4, 0.5) is 10.9 Å². The first-order valence-corrected chi connectivity index (χ1v) is 7.51. The molecule has 0 bridgehead atoms. The molecule has 0 aliphatic heterocycles. The molecule has 1 unspecified atom stereocenters. The van der Waals surface area contributed by atoms with Gasteiger partial charge in [0.2, 0.25) is 0 Å². The van der Waals surface area contributed by atoms with Gasteiger partial charge in [0.05, 0.1) is 6.04 Å². The Morgan fingerprint density at radius 2 is 2.37 bits per heavy atom. The van der Waals surface area contributed by atoms with E-state index in [2.05, 4.69) is 20.6 Å². The molecule has 2 heterocycles. The number of rotatable bonds is 5. The Hall–Kier alpha value is -1.67. The minimum atomic E-state index is -0.221. The van der Waals surface area contributed by atoms with Gasteiger partial charge in [0.25, 0.3) is 5.91 Å². The van der Waals surface area contributed by atoms with Crippen molar-refractivity contribution in [1.82, 2.24) is 15.3 Å². The average Bonchev–Trinajstić information content (AvgIpc) is 2.99. The van der Waals surface area contributed by atoms with Crippen LogP contribution < -0.4 is 16.4 Å². The van der Waals surface area contributed by atoms with Crippen LogP contribution in [-0.2, 0) is 0 Å². The van der Waals surface area contributed by atoms with Crippen LogP contribution in [0.2, 0.25) is 0 Å². The number of nitrogens with one attached hydrogen (secondary N) is 2. The largest absolute Gasteiger partial charge is 0.382 e. The fourth-order valence-electron chi connectivity index (χ4n) is 1.49. The van der Waals surface area contributed by atoms with Gasteiger partial charge in [0.15, 0.2) is 5.13 Å². The van der Waals surface area contributed by atoms with Gasteiger partial charge in [-0.1, -0.05) is 11.3 Å². The van der Waals surface area contributed by atoms with E-state index >= 15 is 0 Å².